The maximum atomic E-state index is 12.6. The standard InChI is InChI=1S/C17H25N3O3.C2HF3O2/c1-3-19(10-7-16(21)20-11-8-18-9-12-20)17(22)14-5-4-6-15(13-14)23-2;3-2(4,5)1(6)7/h4-6,13,18H,3,7-12H2,1-2H3;(H,6,7). The molecule has 1 saturated heterocycles. The second kappa shape index (κ2) is 12.0. The number of methoxy groups -OCH3 is 1. The van der Waals surface area contributed by atoms with E-state index in [1.807, 2.05) is 11.8 Å². The summed E-state index contributed by atoms with van der Waals surface area (Å²) < 4.78 is 36.9. The summed E-state index contributed by atoms with van der Waals surface area (Å²) in [5.41, 5.74) is 0.584. The van der Waals surface area contributed by atoms with E-state index in [9.17, 15) is 22.8 Å². The molecule has 0 radical (unpaired) electrons. The topological polar surface area (TPSA) is 99.2 Å². The van der Waals surface area contributed by atoms with Crippen LogP contribution in [0, 0.1) is 0 Å². The second-order valence-electron chi connectivity index (χ2n) is 6.30. The first-order chi connectivity index (χ1) is 14.1. The zero-order valence-corrected chi connectivity index (χ0v) is 16.9. The molecule has 0 atom stereocenters. The summed E-state index contributed by atoms with van der Waals surface area (Å²) in [5, 5.41) is 10.4. The van der Waals surface area contributed by atoms with Gasteiger partial charge in [-0.15, -0.1) is 0 Å². The Morgan fingerprint density at radius 2 is 1.83 bits per heavy atom. The molecule has 0 aromatic heterocycles. The Balaban J connectivity index is 0.000000553. The molecular weight excluding hydrogens is 407 g/mol. The van der Waals surface area contributed by atoms with Gasteiger partial charge in [0.25, 0.3) is 5.91 Å². The molecule has 1 fully saturated rings. The number of hydrogen-bond acceptors (Lipinski definition) is 5. The lowest BCUT2D eigenvalue weighted by Crippen LogP contribution is -2.47. The predicted octanol–water partition coefficient (Wildman–Crippen LogP) is 1.61. The van der Waals surface area contributed by atoms with E-state index in [1.54, 1.807) is 36.3 Å². The summed E-state index contributed by atoms with van der Waals surface area (Å²) in [6.45, 7) is 6.11. The quantitative estimate of drug-likeness (QED) is 0.707. The Kier molecular flexibility index (Phi) is 10.1. The zero-order chi connectivity index (χ0) is 22.7. The molecule has 168 valence electrons. The van der Waals surface area contributed by atoms with Crippen molar-refractivity contribution in [3.63, 3.8) is 0 Å². The van der Waals surface area contributed by atoms with Gasteiger partial charge in [-0.25, -0.2) is 4.79 Å². The van der Waals surface area contributed by atoms with E-state index in [2.05, 4.69) is 5.32 Å². The van der Waals surface area contributed by atoms with Gasteiger partial charge in [-0.1, -0.05) is 6.07 Å². The van der Waals surface area contributed by atoms with Crippen molar-refractivity contribution in [1.82, 2.24) is 15.1 Å². The van der Waals surface area contributed by atoms with E-state index in [4.69, 9.17) is 14.6 Å². The molecule has 11 heteroatoms. The number of carbonyl (C=O) groups excluding carboxylic acids is 2. The first kappa shape index (κ1) is 25.2. The number of benzene rings is 1. The van der Waals surface area contributed by atoms with E-state index in [0.29, 0.717) is 30.8 Å². The minimum absolute atomic E-state index is 0.0699. The lowest BCUT2D eigenvalue weighted by atomic mass is 10.1. The van der Waals surface area contributed by atoms with Crippen molar-refractivity contribution in [2.45, 2.75) is 19.5 Å². The Morgan fingerprint density at radius 1 is 1.23 bits per heavy atom. The molecule has 1 aromatic carbocycles. The average Bonchev–Trinajstić information content (AvgIpc) is 2.74. The van der Waals surface area contributed by atoms with E-state index >= 15 is 0 Å². The van der Waals surface area contributed by atoms with Crippen LogP contribution in [0.25, 0.3) is 0 Å². The van der Waals surface area contributed by atoms with Crippen LogP contribution < -0.4 is 10.1 Å². The van der Waals surface area contributed by atoms with Gasteiger partial charge in [0.05, 0.1) is 7.11 Å². The molecule has 2 N–H and O–H groups in total. The summed E-state index contributed by atoms with van der Waals surface area (Å²) in [6.07, 6.45) is -4.72. The summed E-state index contributed by atoms with van der Waals surface area (Å²) in [5.74, 6) is -2.06. The predicted molar refractivity (Wildman–Crippen MR) is 102 cm³/mol. The smallest absolute Gasteiger partial charge is 0.490 e. The highest BCUT2D eigenvalue weighted by molar-refractivity contribution is 5.94. The van der Waals surface area contributed by atoms with Gasteiger partial charge < -0.3 is 25.0 Å². The fraction of sp³-hybridized carbons (Fsp3) is 0.526. The van der Waals surface area contributed by atoms with Crippen LogP contribution >= 0.6 is 0 Å². The Labute approximate surface area is 172 Å². The van der Waals surface area contributed by atoms with Gasteiger partial charge in [-0.2, -0.15) is 13.2 Å². The number of nitrogens with zero attached hydrogens (tertiary/aromatic N) is 2. The van der Waals surface area contributed by atoms with Crippen LogP contribution in [0.4, 0.5) is 13.2 Å². The molecule has 0 spiro atoms. The third-order valence-electron chi connectivity index (χ3n) is 4.29. The van der Waals surface area contributed by atoms with E-state index < -0.39 is 12.1 Å². The normalized spacial score (nSPS) is 13.7. The Hall–Kier alpha value is -2.82. The lowest BCUT2D eigenvalue weighted by molar-refractivity contribution is -0.192. The summed E-state index contributed by atoms with van der Waals surface area (Å²) in [6, 6.07) is 7.10. The van der Waals surface area contributed by atoms with Crippen LogP contribution in [0.1, 0.15) is 23.7 Å². The molecule has 2 rings (SSSR count). The summed E-state index contributed by atoms with van der Waals surface area (Å²) in [7, 11) is 1.58. The SMILES string of the molecule is CCN(CCC(=O)N1CCNCC1)C(=O)c1cccc(OC)c1.O=C(O)C(F)(F)F. The van der Waals surface area contributed by atoms with Crippen molar-refractivity contribution in [2.75, 3.05) is 46.4 Å². The van der Waals surface area contributed by atoms with Gasteiger partial charge in [0.2, 0.25) is 5.91 Å². The molecule has 0 bridgehead atoms. The number of piperazine rings is 1. The number of amides is 2. The van der Waals surface area contributed by atoms with Crippen molar-refractivity contribution in [1.29, 1.82) is 0 Å². The maximum absolute atomic E-state index is 12.6. The highest BCUT2D eigenvalue weighted by Gasteiger charge is 2.38. The van der Waals surface area contributed by atoms with Gasteiger partial charge in [0.15, 0.2) is 0 Å². The van der Waals surface area contributed by atoms with Crippen LogP contribution in [0.15, 0.2) is 24.3 Å². The summed E-state index contributed by atoms with van der Waals surface area (Å²) in [4.78, 5) is 37.2. The van der Waals surface area contributed by atoms with Crippen LogP contribution in [-0.2, 0) is 9.59 Å². The molecule has 1 heterocycles. The molecule has 1 aliphatic heterocycles. The van der Waals surface area contributed by atoms with Crippen molar-refractivity contribution >= 4 is 17.8 Å². The highest BCUT2D eigenvalue weighted by atomic mass is 19.4. The van der Waals surface area contributed by atoms with Gasteiger partial charge >= 0.3 is 12.1 Å². The number of hydrogen-bond donors (Lipinski definition) is 2. The number of carboxylic acids is 1. The molecule has 1 aliphatic rings. The molecule has 8 nitrogen and oxygen atoms in total. The molecule has 0 saturated carbocycles. The molecule has 0 unspecified atom stereocenters. The minimum atomic E-state index is -5.08. The van der Waals surface area contributed by atoms with E-state index in [-0.39, 0.29) is 11.8 Å². The Bertz CT molecular complexity index is 722. The van der Waals surface area contributed by atoms with Crippen LogP contribution in [0.2, 0.25) is 0 Å². The van der Waals surface area contributed by atoms with E-state index in [0.717, 1.165) is 26.2 Å². The van der Waals surface area contributed by atoms with Crippen molar-refractivity contribution in [2.24, 2.45) is 0 Å². The van der Waals surface area contributed by atoms with Crippen molar-refractivity contribution in [3.8, 4) is 5.75 Å². The molecular formula is C19H26F3N3O5. The molecule has 1 aromatic rings. The third kappa shape index (κ3) is 8.27. The molecule has 0 aliphatic carbocycles. The third-order valence-corrected chi connectivity index (χ3v) is 4.29. The number of alkyl halides is 3. The van der Waals surface area contributed by atoms with Gasteiger partial charge in [-0.05, 0) is 25.1 Å². The van der Waals surface area contributed by atoms with Crippen LogP contribution in [-0.4, -0.2) is 85.2 Å². The van der Waals surface area contributed by atoms with Crippen molar-refractivity contribution < 1.29 is 37.4 Å². The van der Waals surface area contributed by atoms with Gasteiger partial charge in [-0.3, -0.25) is 9.59 Å². The van der Waals surface area contributed by atoms with Crippen LogP contribution in [0.5, 0.6) is 5.75 Å². The van der Waals surface area contributed by atoms with E-state index in [1.165, 1.54) is 0 Å². The first-order valence-electron chi connectivity index (χ1n) is 9.32. The number of ether oxygens (including phenoxy) is 1. The van der Waals surface area contributed by atoms with Crippen molar-refractivity contribution in [3.05, 3.63) is 29.8 Å². The number of halogens is 3. The molecule has 30 heavy (non-hydrogen) atoms. The Morgan fingerprint density at radius 3 is 2.33 bits per heavy atom. The molecule has 2 amide bonds. The monoisotopic (exact) mass is 433 g/mol. The zero-order valence-electron chi connectivity index (χ0n) is 16.9. The number of nitrogens with one attached hydrogen (secondary N) is 1. The fourth-order valence-electron chi connectivity index (χ4n) is 2.64. The number of carboxylic acid groups (broad SMARTS) is 1. The largest absolute Gasteiger partial charge is 0.497 e. The highest BCUT2D eigenvalue weighted by Crippen LogP contribution is 2.15. The first-order valence-corrected chi connectivity index (χ1v) is 9.32. The minimum Gasteiger partial charge on any atom is -0.497 e. The lowest BCUT2D eigenvalue weighted by Gasteiger charge is -2.28. The number of aliphatic carboxylic acids is 1. The number of carbonyl (C=O) groups is 3. The number of rotatable bonds is 6. The average molecular weight is 433 g/mol. The van der Waals surface area contributed by atoms with Gasteiger partial charge in [0.1, 0.15) is 5.75 Å². The second-order valence-corrected chi connectivity index (χ2v) is 6.30. The fourth-order valence-corrected chi connectivity index (χ4v) is 2.64. The summed E-state index contributed by atoms with van der Waals surface area (Å²) >= 11 is 0. The van der Waals surface area contributed by atoms with Gasteiger partial charge in [0, 0.05) is 51.3 Å². The van der Waals surface area contributed by atoms with Crippen LogP contribution in [0.3, 0.4) is 0 Å². The maximum Gasteiger partial charge on any atom is 0.490 e.